The van der Waals surface area contributed by atoms with Crippen molar-refractivity contribution in [3.05, 3.63) is 126 Å². The Labute approximate surface area is 265 Å². The summed E-state index contributed by atoms with van der Waals surface area (Å²) in [6, 6.07) is 41.1. The molecule has 0 N–H and O–H groups in total. The average Bonchev–Trinajstić information content (AvgIpc) is 3.44. The lowest BCUT2D eigenvalue weighted by atomic mass is 9.86. The fourth-order valence-corrected chi connectivity index (χ4v) is 12.1. The first-order valence-electron chi connectivity index (χ1n) is 16.2. The predicted molar refractivity (Wildman–Crippen MR) is 182 cm³/mol. The Kier molecular flexibility index (Phi) is 9.11. The summed E-state index contributed by atoms with van der Waals surface area (Å²) in [5.41, 5.74) is 2.42. The second kappa shape index (κ2) is 13.0. The average molecular weight is 606 g/mol. The smallest absolute Gasteiger partial charge is 0.261 e. The van der Waals surface area contributed by atoms with Crippen molar-refractivity contribution in [2.75, 3.05) is 26.3 Å². The van der Waals surface area contributed by atoms with Crippen LogP contribution < -0.4 is 15.1 Å². The quantitative estimate of drug-likeness (QED) is 0.189. The molecule has 4 aromatic carbocycles. The van der Waals surface area contributed by atoms with Gasteiger partial charge in [0.25, 0.3) is 8.32 Å². The lowest BCUT2D eigenvalue weighted by Gasteiger charge is -2.50. The molecule has 2 aliphatic heterocycles. The van der Waals surface area contributed by atoms with Gasteiger partial charge in [0.1, 0.15) is 12.4 Å². The zero-order valence-corrected chi connectivity index (χ0v) is 27.7. The highest BCUT2D eigenvalue weighted by atomic mass is 28.4. The first-order valence-corrected chi connectivity index (χ1v) is 18.1. The molecule has 0 unspecified atom stereocenters. The third kappa shape index (κ3) is 6.16. The van der Waals surface area contributed by atoms with E-state index in [1.54, 1.807) is 0 Å². The minimum absolute atomic E-state index is 0.00796. The van der Waals surface area contributed by atoms with Gasteiger partial charge >= 0.3 is 0 Å². The minimum Gasteiger partial charge on any atom is -0.489 e. The highest BCUT2D eigenvalue weighted by Crippen LogP contribution is 2.42. The fourth-order valence-electron chi connectivity index (χ4n) is 7.31. The van der Waals surface area contributed by atoms with E-state index < -0.39 is 8.32 Å². The monoisotopic (exact) mass is 605 g/mol. The fraction of sp³-hybridized carbons (Fsp3) is 0.385. The van der Waals surface area contributed by atoms with E-state index in [0.717, 1.165) is 31.7 Å². The Hall–Kier alpha value is -3.22. The first-order chi connectivity index (χ1) is 21.3. The van der Waals surface area contributed by atoms with Crippen molar-refractivity contribution in [3.8, 4) is 5.75 Å². The Morgan fingerprint density at radius 1 is 0.773 bits per heavy atom. The molecule has 2 heterocycles. The number of ether oxygens (including phenoxy) is 2. The Balaban J connectivity index is 1.17. The van der Waals surface area contributed by atoms with Crippen LogP contribution >= 0.6 is 0 Å². The van der Waals surface area contributed by atoms with Crippen LogP contribution in [0.3, 0.4) is 0 Å². The minimum atomic E-state index is -2.69. The standard InChI is InChI=1S/C39H47NO3Si/c1-38(2,3)44(35-16-10-6-11-17-35,36-18-12-7-13-19-36)43-37-29-41-30-39(37,4)40-26-24-33(25-27-40)32-20-22-34(23-21-32)42-28-31-14-8-5-9-15-31/h5-23,33,37H,24-30H2,1-4H3/t37-,39+/m1/s1. The molecular weight excluding hydrogens is 559 g/mol. The number of piperidine rings is 1. The number of hydrogen-bond acceptors (Lipinski definition) is 4. The van der Waals surface area contributed by atoms with Gasteiger partial charge in [-0.15, -0.1) is 0 Å². The highest BCUT2D eigenvalue weighted by molar-refractivity contribution is 6.99. The molecule has 0 aliphatic carbocycles. The van der Waals surface area contributed by atoms with Gasteiger partial charge in [-0.2, -0.15) is 0 Å². The molecular formula is C39H47NO3Si. The maximum absolute atomic E-state index is 7.64. The van der Waals surface area contributed by atoms with E-state index in [9.17, 15) is 0 Å². The van der Waals surface area contributed by atoms with Crippen LogP contribution in [-0.2, 0) is 15.8 Å². The van der Waals surface area contributed by atoms with Crippen LogP contribution in [0, 0.1) is 0 Å². The van der Waals surface area contributed by atoms with Crippen molar-refractivity contribution in [1.82, 2.24) is 4.90 Å². The van der Waals surface area contributed by atoms with Gasteiger partial charge in [-0.25, -0.2) is 0 Å². The number of likely N-dealkylation sites (tertiary alicyclic amines) is 1. The number of rotatable bonds is 9. The van der Waals surface area contributed by atoms with Crippen molar-refractivity contribution >= 4 is 18.7 Å². The van der Waals surface area contributed by atoms with Crippen molar-refractivity contribution < 1.29 is 13.9 Å². The normalized spacial score (nSPS) is 21.8. The Morgan fingerprint density at radius 2 is 1.32 bits per heavy atom. The number of nitrogens with zero attached hydrogens (tertiary/aromatic N) is 1. The zero-order valence-electron chi connectivity index (χ0n) is 26.7. The van der Waals surface area contributed by atoms with Crippen LogP contribution in [0.4, 0.5) is 0 Å². The van der Waals surface area contributed by atoms with Gasteiger partial charge in [-0.3, -0.25) is 4.90 Å². The lowest BCUT2D eigenvalue weighted by Crippen LogP contribution is -2.70. The van der Waals surface area contributed by atoms with E-state index in [2.05, 4.69) is 142 Å². The van der Waals surface area contributed by atoms with Crippen molar-refractivity contribution in [3.63, 3.8) is 0 Å². The van der Waals surface area contributed by atoms with E-state index in [1.807, 2.05) is 6.07 Å². The van der Waals surface area contributed by atoms with Crippen molar-refractivity contribution in [2.24, 2.45) is 0 Å². The molecule has 0 amide bonds. The van der Waals surface area contributed by atoms with Gasteiger partial charge in [0.2, 0.25) is 0 Å². The lowest BCUT2D eigenvalue weighted by molar-refractivity contribution is 0.00482. The largest absolute Gasteiger partial charge is 0.489 e. The van der Waals surface area contributed by atoms with E-state index in [0.29, 0.717) is 25.7 Å². The van der Waals surface area contributed by atoms with Gasteiger partial charge in [0, 0.05) is 0 Å². The Morgan fingerprint density at radius 3 is 1.86 bits per heavy atom. The van der Waals surface area contributed by atoms with Gasteiger partial charge in [-0.1, -0.05) is 124 Å². The molecule has 5 heteroatoms. The van der Waals surface area contributed by atoms with E-state index in [-0.39, 0.29) is 16.7 Å². The maximum atomic E-state index is 7.64. The molecule has 0 radical (unpaired) electrons. The topological polar surface area (TPSA) is 30.9 Å². The highest BCUT2D eigenvalue weighted by Gasteiger charge is 2.56. The molecule has 0 spiro atoms. The predicted octanol–water partition coefficient (Wildman–Crippen LogP) is 7.18. The van der Waals surface area contributed by atoms with Crippen LogP contribution in [0.5, 0.6) is 5.75 Å². The first kappa shape index (κ1) is 30.8. The van der Waals surface area contributed by atoms with Gasteiger partial charge in [0.15, 0.2) is 0 Å². The van der Waals surface area contributed by atoms with Crippen LogP contribution in [0.25, 0.3) is 0 Å². The molecule has 0 bridgehead atoms. The SMILES string of the molecule is CC(C)(C)[Si](O[C@@H]1COC[C@]1(C)N1CCC(c2ccc(OCc3ccccc3)cc2)CC1)(c1ccccc1)c1ccccc1. The summed E-state index contributed by atoms with van der Waals surface area (Å²) in [7, 11) is -2.69. The molecule has 4 nitrogen and oxygen atoms in total. The summed E-state index contributed by atoms with van der Waals surface area (Å²) in [4.78, 5) is 2.66. The van der Waals surface area contributed by atoms with Crippen LogP contribution in [-0.4, -0.2) is 51.2 Å². The molecule has 4 aromatic rings. The molecule has 44 heavy (non-hydrogen) atoms. The van der Waals surface area contributed by atoms with E-state index in [1.165, 1.54) is 21.5 Å². The molecule has 0 saturated carbocycles. The Bertz CT molecular complexity index is 1430. The summed E-state index contributed by atoms with van der Waals surface area (Å²) < 4.78 is 20.0. The van der Waals surface area contributed by atoms with Crippen LogP contribution in [0.2, 0.25) is 5.04 Å². The second-order valence-electron chi connectivity index (χ2n) is 13.7. The molecule has 6 rings (SSSR count). The van der Waals surface area contributed by atoms with E-state index >= 15 is 0 Å². The number of hydrogen-bond donors (Lipinski definition) is 0. The van der Waals surface area contributed by atoms with Crippen molar-refractivity contribution in [2.45, 2.75) is 69.7 Å². The summed E-state index contributed by atoms with van der Waals surface area (Å²) in [6.45, 7) is 13.5. The summed E-state index contributed by atoms with van der Waals surface area (Å²) in [5.74, 6) is 1.48. The summed E-state index contributed by atoms with van der Waals surface area (Å²) in [6.07, 6.45) is 2.25. The van der Waals surface area contributed by atoms with Crippen LogP contribution in [0.1, 0.15) is 57.6 Å². The number of benzene rings is 4. The molecule has 2 aliphatic rings. The van der Waals surface area contributed by atoms with Gasteiger partial charge < -0.3 is 13.9 Å². The third-order valence-corrected chi connectivity index (χ3v) is 15.0. The third-order valence-electron chi connectivity index (χ3n) is 9.91. The summed E-state index contributed by atoms with van der Waals surface area (Å²) >= 11 is 0. The van der Waals surface area contributed by atoms with Crippen LogP contribution in [0.15, 0.2) is 115 Å². The maximum Gasteiger partial charge on any atom is 0.261 e. The molecule has 0 aromatic heterocycles. The molecule has 2 saturated heterocycles. The molecule has 2 atom stereocenters. The van der Waals surface area contributed by atoms with E-state index in [4.69, 9.17) is 13.9 Å². The molecule has 230 valence electrons. The second-order valence-corrected chi connectivity index (χ2v) is 18.0. The van der Waals surface area contributed by atoms with Gasteiger partial charge in [0.05, 0.1) is 24.9 Å². The van der Waals surface area contributed by atoms with Gasteiger partial charge in [-0.05, 0) is 77.4 Å². The zero-order chi connectivity index (χ0) is 30.6. The van der Waals surface area contributed by atoms with Crippen molar-refractivity contribution in [1.29, 1.82) is 0 Å². The molecule has 2 fully saturated rings. The summed E-state index contributed by atoms with van der Waals surface area (Å²) in [5, 5.41) is 2.58.